The van der Waals surface area contributed by atoms with Crippen molar-refractivity contribution in [2.45, 2.75) is 13.3 Å². The van der Waals surface area contributed by atoms with Gasteiger partial charge >= 0.3 is 5.97 Å². The van der Waals surface area contributed by atoms with Gasteiger partial charge in [0.1, 0.15) is 5.75 Å². The largest absolute Gasteiger partial charge is 0.493 e. The molecule has 0 atom stereocenters. The Bertz CT molecular complexity index is 1230. The fourth-order valence-corrected chi connectivity index (χ4v) is 3.27. The zero-order valence-corrected chi connectivity index (χ0v) is 17.4. The summed E-state index contributed by atoms with van der Waals surface area (Å²) in [5.41, 5.74) is 2.78. The zero-order valence-electron chi connectivity index (χ0n) is 17.4. The number of carbonyl (C=O) groups excluding carboxylic acids is 1. The van der Waals surface area contributed by atoms with Crippen molar-refractivity contribution in [3.8, 4) is 5.75 Å². The highest BCUT2D eigenvalue weighted by Crippen LogP contribution is 2.26. The molecule has 0 spiro atoms. The van der Waals surface area contributed by atoms with Gasteiger partial charge in [-0.3, -0.25) is 10.1 Å². The third-order valence-corrected chi connectivity index (χ3v) is 4.98. The number of nitro groups is 1. The molecule has 1 heterocycles. The van der Waals surface area contributed by atoms with Gasteiger partial charge in [-0.2, -0.15) is 0 Å². The van der Waals surface area contributed by atoms with Gasteiger partial charge in [0.05, 0.1) is 11.5 Å². The number of rotatable bonds is 7. The van der Waals surface area contributed by atoms with E-state index in [1.54, 1.807) is 25.1 Å². The maximum absolute atomic E-state index is 12.4. The monoisotopic (exact) mass is 428 g/mol. The summed E-state index contributed by atoms with van der Waals surface area (Å²) in [4.78, 5) is 27.4. The third kappa shape index (κ3) is 4.73. The predicted octanol–water partition coefficient (Wildman–Crippen LogP) is 4.87. The third-order valence-electron chi connectivity index (χ3n) is 4.98. The Kier molecular flexibility index (Phi) is 6.07. The Labute approximate surface area is 184 Å². The standard InChI is InChI=1S/C25H20N2O5/c1-17-11-12-20(16-22(17)27(29)30)24-26-21(25(28)32-24)15-19-9-5-6-10-23(19)31-14-13-18-7-3-2-4-8-18/h2-12,15-16H,13-14H2,1H3/b21-15-. The quantitative estimate of drug-likeness (QED) is 0.232. The fraction of sp³-hybridized carbons (Fsp3) is 0.120. The molecule has 0 aliphatic carbocycles. The van der Waals surface area contributed by atoms with Crippen molar-refractivity contribution in [1.82, 2.24) is 0 Å². The summed E-state index contributed by atoms with van der Waals surface area (Å²) >= 11 is 0. The average Bonchev–Trinajstić information content (AvgIpc) is 3.16. The van der Waals surface area contributed by atoms with E-state index in [4.69, 9.17) is 9.47 Å². The fourth-order valence-electron chi connectivity index (χ4n) is 3.27. The lowest BCUT2D eigenvalue weighted by molar-refractivity contribution is -0.385. The Morgan fingerprint density at radius 1 is 1.06 bits per heavy atom. The second kappa shape index (κ2) is 9.26. The average molecular weight is 428 g/mol. The first-order chi connectivity index (χ1) is 15.5. The van der Waals surface area contributed by atoms with Gasteiger partial charge in [0.15, 0.2) is 5.70 Å². The molecule has 1 aliphatic heterocycles. The van der Waals surface area contributed by atoms with Crippen molar-refractivity contribution in [3.05, 3.63) is 111 Å². The van der Waals surface area contributed by atoms with Crippen LogP contribution < -0.4 is 4.74 Å². The molecule has 160 valence electrons. The number of nitrogens with zero attached hydrogens (tertiary/aromatic N) is 2. The SMILES string of the molecule is Cc1ccc(C2=N/C(=C\c3ccccc3OCCc3ccccc3)C(=O)O2)cc1[N+](=O)[O-]. The normalized spacial score (nSPS) is 14.2. The van der Waals surface area contributed by atoms with Crippen molar-refractivity contribution in [2.75, 3.05) is 6.61 Å². The number of nitro benzene ring substituents is 1. The molecule has 0 aromatic heterocycles. The van der Waals surface area contributed by atoms with Crippen molar-refractivity contribution < 1.29 is 19.2 Å². The number of esters is 1. The Hall–Kier alpha value is -4.26. The maximum atomic E-state index is 12.4. The van der Waals surface area contributed by atoms with Crippen molar-refractivity contribution in [1.29, 1.82) is 0 Å². The Balaban J connectivity index is 1.55. The van der Waals surface area contributed by atoms with Crippen LogP contribution in [0.4, 0.5) is 5.69 Å². The molecule has 0 amide bonds. The molecular weight excluding hydrogens is 408 g/mol. The summed E-state index contributed by atoms with van der Waals surface area (Å²) in [7, 11) is 0. The van der Waals surface area contributed by atoms with E-state index in [1.807, 2.05) is 54.6 Å². The highest BCUT2D eigenvalue weighted by Gasteiger charge is 2.26. The van der Waals surface area contributed by atoms with Crippen LogP contribution in [0.3, 0.4) is 0 Å². The molecule has 0 bridgehead atoms. The number of benzene rings is 3. The number of hydrogen-bond acceptors (Lipinski definition) is 6. The molecular formula is C25H20N2O5. The van der Waals surface area contributed by atoms with Gasteiger partial charge in [0.25, 0.3) is 5.69 Å². The van der Waals surface area contributed by atoms with Crippen LogP contribution in [0.1, 0.15) is 22.3 Å². The van der Waals surface area contributed by atoms with Gasteiger partial charge in [0, 0.05) is 29.2 Å². The Morgan fingerprint density at radius 2 is 1.81 bits per heavy atom. The lowest BCUT2D eigenvalue weighted by Crippen LogP contribution is -2.06. The minimum atomic E-state index is -0.623. The van der Waals surface area contributed by atoms with Crippen LogP contribution in [0.2, 0.25) is 0 Å². The van der Waals surface area contributed by atoms with Gasteiger partial charge in [0.2, 0.25) is 5.90 Å². The number of para-hydroxylation sites is 1. The molecule has 7 nitrogen and oxygen atoms in total. The first-order valence-corrected chi connectivity index (χ1v) is 10.0. The van der Waals surface area contributed by atoms with Gasteiger partial charge in [-0.15, -0.1) is 0 Å². The van der Waals surface area contributed by atoms with Crippen molar-refractivity contribution >= 4 is 23.6 Å². The zero-order chi connectivity index (χ0) is 22.5. The number of aliphatic imine (C=N–C) groups is 1. The summed E-state index contributed by atoms with van der Waals surface area (Å²) in [6.07, 6.45) is 2.35. The van der Waals surface area contributed by atoms with Crippen LogP contribution in [0.15, 0.2) is 83.5 Å². The topological polar surface area (TPSA) is 91.0 Å². The lowest BCUT2D eigenvalue weighted by Gasteiger charge is -2.09. The first kappa shape index (κ1) is 21.0. The molecule has 4 rings (SSSR count). The molecule has 3 aromatic carbocycles. The van der Waals surface area contributed by atoms with Crippen LogP contribution in [0.5, 0.6) is 5.75 Å². The molecule has 0 fully saturated rings. The highest BCUT2D eigenvalue weighted by molar-refractivity contribution is 6.13. The van der Waals surface area contributed by atoms with Crippen molar-refractivity contribution in [2.24, 2.45) is 4.99 Å². The van der Waals surface area contributed by atoms with Crippen LogP contribution in [-0.4, -0.2) is 23.4 Å². The van der Waals surface area contributed by atoms with E-state index < -0.39 is 10.9 Å². The van der Waals surface area contributed by atoms with Gasteiger partial charge < -0.3 is 9.47 Å². The smallest absolute Gasteiger partial charge is 0.363 e. The molecule has 7 heteroatoms. The molecule has 0 unspecified atom stereocenters. The summed E-state index contributed by atoms with van der Waals surface area (Å²) < 4.78 is 11.2. The molecule has 1 aliphatic rings. The van der Waals surface area contributed by atoms with E-state index in [0.717, 1.165) is 6.42 Å². The van der Waals surface area contributed by atoms with Crippen LogP contribution in [0, 0.1) is 17.0 Å². The molecule has 0 saturated heterocycles. The number of carbonyl (C=O) groups is 1. The van der Waals surface area contributed by atoms with Crippen LogP contribution >= 0.6 is 0 Å². The van der Waals surface area contributed by atoms with Gasteiger partial charge in [-0.1, -0.05) is 54.6 Å². The van der Waals surface area contributed by atoms with E-state index in [0.29, 0.717) is 29.0 Å². The minimum Gasteiger partial charge on any atom is -0.493 e. The van der Waals surface area contributed by atoms with E-state index in [2.05, 4.69) is 4.99 Å². The Morgan fingerprint density at radius 3 is 2.59 bits per heavy atom. The number of hydrogen-bond donors (Lipinski definition) is 0. The molecule has 32 heavy (non-hydrogen) atoms. The highest BCUT2D eigenvalue weighted by atomic mass is 16.6. The predicted molar refractivity (Wildman–Crippen MR) is 121 cm³/mol. The van der Waals surface area contributed by atoms with Gasteiger partial charge in [-0.25, -0.2) is 9.79 Å². The molecule has 3 aromatic rings. The summed E-state index contributed by atoms with van der Waals surface area (Å²) in [6, 6.07) is 21.9. The second-order valence-electron chi connectivity index (χ2n) is 7.22. The summed E-state index contributed by atoms with van der Waals surface area (Å²) in [5.74, 6) is 0.0347. The molecule has 0 saturated carbocycles. The first-order valence-electron chi connectivity index (χ1n) is 10.0. The van der Waals surface area contributed by atoms with Crippen LogP contribution in [-0.2, 0) is 16.0 Å². The molecule has 0 N–H and O–H groups in total. The second-order valence-corrected chi connectivity index (χ2v) is 7.22. The van der Waals surface area contributed by atoms with E-state index in [-0.39, 0.29) is 17.3 Å². The summed E-state index contributed by atoms with van der Waals surface area (Å²) in [6.45, 7) is 2.13. The van der Waals surface area contributed by atoms with E-state index in [9.17, 15) is 14.9 Å². The lowest BCUT2D eigenvalue weighted by atomic mass is 10.1. The number of cyclic esters (lactones) is 1. The maximum Gasteiger partial charge on any atom is 0.363 e. The van der Waals surface area contributed by atoms with E-state index >= 15 is 0 Å². The number of ether oxygens (including phenoxy) is 2. The summed E-state index contributed by atoms with van der Waals surface area (Å²) in [5, 5.41) is 11.2. The minimum absolute atomic E-state index is 0.0341. The molecule has 0 radical (unpaired) electrons. The number of aryl methyl sites for hydroxylation is 1. The van der Waals surface area contributed by atoms with Crippen molar-refractivity contribution in [3.63, 3.8) is 0 Å². The van der Waals surface area contributed by atoms with E-state index in [1.165, 1.54) is 11.6 Å². The van der Waals surface area contributed by atoms with Crippen LogP contribution in [0.25, 0.3) is 6.08 Å². The van der Waals surface area contributed by atoms with Gasteiger partial charge in [-0.05, 0) is 30.7 Å².